The molecule has 0 spiro atoms. The number of nitrogens with zero attached hydrogens (tertiary/aromatic N) is 3. The van der Waals surface area contributed by atoms with Crippen molar-refractivity contribution in [3.8, 4) is 28.8 Å². The van der Waals surface area contributed by atoms with Gasteiger partial charge in [0.05, 0.1) is 12.3 Å². The van der Waals surface area contributed by atoms with E-state index in [2.05, 4.69) is 27.0 Å². The normalized spacial score (nSPS) is 17.0. The van der Waals surface area contributed by atoms with Gasteiger partial charge >= 0.3 is 0 Å². The third-order valence-corrected chi connectivity index (χ3v) is 5.75. The Morgan fingerprint density at radius 2 is 2.21 bits per heavy atom. The Labute approximate surface area is 170 Å². The number of ether oxygens (including phenoxy) is 1. The lowest BCUT2D eigenvalue weighted by Crippen LogP contribution is -2.20. The summed E-state index contributed by atoms with van der Waals surface area (Å²) in [7, 11) is 0. The molecular formula is C20H18N4O4S. The molecule has 3 N–H and O–H groups in total. The molecule has 0 fully saturated rings. The van der Waals surface area contributed by atoms with E-state index in [-0.39, 0.29) is 16.7 Å². The number of amides is 1. The predicted molar refractivity (Wildman–Crippen MR) is 105 cm³/mol. The van der Waals surface area contributed by atoms with Gasteiger partial charge in [-0.15, -0.1) is 11.3 Å². The van der Waals surface area contributed by atoms with Crippen molar-refractivity contribution in [2.75, 3.05) is 6.61 Å². The van der Waals surface area contributed by atoms with Gasteiger partial charge in [-0.2, -0.15) is 4.98 Å². The molecule has 1 aliphatic rings. The molecule has 9 heteroatoms. The lowest BCUT2D eigenvalue weighted by molar-refractivity contribution is 0.0999. The quantitative estimate of drug-likeness (QED) is 0.621. The van der Waals surface area contributed by atoms with Crippen LogP contribution in [0.1, 0.15) is 51.7 Å². The van der Waals surface area contributed by atoms with Crippen LogP contribution in [0.5, 0.6) is 5.75 Å². The van der Waals surface area contributed by atoms with E-state index in [1.807, 2.05) is 13.0 Å². The maximum Gasteiger partial charge on any atom is 0.277 e. The van der Waals surface area contributed by atoms with Crippen LogP contribution in [0.2, 0.25) is 0 Å². The number of benzene rings is 1. The second kappa shape index (κ2) is 6.99. The third-order valence-electron chi connectivity index (χ3n) is 4.45. The molecule has 8 nitrogen and oxygen atoms in total. The summed E-state index contributed by atoms with van der Waals surface area (Å²) in [5.74, 6) is 6.33. The number of rotatable bonds is 2. The van der Waals surface area contributed by atoms with Crippen LogP contribution in [-0.4, -0.2) is 32.7 Å². The highest BCUT2D eigenvalue weighted by atomic mass is 32.1. The molecular weight excluding hydrogens is 392 g/mol. The molecule has 2 aromatic heterocycles. The summed E-state index contributed by atoms with van der Waals surface area (Å²) in [4.78, 5) is 21.0. The van der Waals surface area contributed by atoms with Crippen molar-refractivity contribution in [3.63, 3.8) is 0 Å². The molecule has 3 heterocycles. The number of aliphatic hydroxyl groups is 1. The molecule has 3 aromatic rings. The molecule has 29 heavy (non-hydrogen) atoms. The standard InChI is InChI=1S/C20H18N4O4S/c1-10-9-27-14-5-4-12(6-7-20(3,26)19-22-11(2)28-24-19)8-13(14)15-16(10)29-18(23-15)17(21)25/h4-5,8,10,26H,9H2,1-3H3,(H2,21,25)/t10?,20-/m1/s1. The van der Waals surface area contributed by atoms with Gasteiger partial charge in [0.1, 0.15) is 5.75 Å². The predicted octanol–water partition coefficient (Wildman–Crippen LogP) is 2.36. The minimum Gasteiger partial charge on any atom is -0.492 e. The van der Waals surface area contributed by atoms with E-state index in [0.717, 1.165) is 10.4 Å². The molecule has 1 aromatic carbocycles. The van der Waals surface area contributed by atoms with Crippen molar-refractivity contribution in [2.45, 2.75) is 32.3 Å². The zero-order chi connectivity index (χ0) is 20.8. The number of hydrogen-bond donors (Lipinski definition) is 2. The van der Waals surface area contributed by atoms with Gasteiger partial charge in [-0.3, -0.25) is 4.79 Å². The fraction of sp³-hybridized carbons (Fsp3) is 0.300. The number of aromatic nitrogens is 3. The average Bonchev–Trinajstić information content (AvgIpc) is 3.29. The second-order valence-electron chi connectivity index (χ2n) is 6.98. The van der Waals surface area contributed by atoms with Gasteiger partial charge in [0, 0.05) is 28.8 Å². The lowest BCUT2D eigenvalue weighted by atomic mass is 10.0. The molecule has 0 radical (unpaired) electrons. The summed E-state index contributed by atoms with van der Waals surface area (Å²) < 4.78 is 10.8. The Balaban J connectivity index is 1.76. The van der Waals surface area contributed by atoms with Gasteiger partial charge in [-0.25, -0.2) is 4.98 Å². The maximum absolute atomic E-state index is 11.6. The number of carbonyl (C=O) groups excluding carboxylic acids is 1. The Hall–Kier alpha value is -3.22. The van der Waals surface area contributed by atoms with E-state index >= 15 is 0 Å². The van der Waals surface area contributed by atoms with Crippen LogP contribution < -0.4 is 10.5 Å². The first-order chi connectivity index (χ1) is 13.7. The monoisotopic (exact) mass is 410 g/mol. The molecule has 0 saturated carbocycles. The van der Waals surface area contributed by atoms with Crippen LogP contribution in [0.25, 0.3) is 11.3 Å². The third kappa shape index (κ3) is 3.60. The van der Waals surface area contributed by atoms with Crippen molar-refractivity contribution in [3.05, 3.63) is 45.4 Å². The molecule has 1 amide bonds. The van der Waals surface area contributed by atoms with Gasteiger partial charge in [0.15, 0.2) is 10.6 Å². The first-order valence-electron chi connectivity index (χ1n) is 8.88. The van der Waals surface area contributed by atoms with Crippen LogP contribution in [0.4, 0.5) is 0 Å². The Kier molecular flexibility index (Phi) is 4.61. The largest absolute Gasteiger partial charge is 0.492 e. The number of primary amides is 1. The van der Waals surface area contributed by atoms with E-state index < -0.39 is 11.5 Å². The maximum atomic E-state index is 11.6. The van der Waals surface area contributed by atoms with Crippen molar-refractivity contribution < 1.29 is 19.2 Å². The highest BCUT2D eigenvalue weighted by molar-refractivity contribution is 7.14. The van der Waals surface area contributed by atoms with Crippen molar-refractivity contribution in [1.29, 1.82) is 0 Å². The number of aryl methyl sites for hydroxylation is 1. The molecule has 1 aliphatic heterocycles. The summed E-state index contributed by atoms with van der Waals surface area (Å²) in [5, 5.41) is 14.5. The summed E-state index contributed by atoms with van der Waals surface area (Å²) in [5.41, 5.74) is 5.90. The number of carbonyl (C=O) groups is 1. The SMILES string of the molecule is Cc1nc([C@](C)(O)C#Cc2ccc3c(c2)-c2nc(C(N)=O)sc2C(C)CO3)no1. The highest BCUT2D eigenvalue weighted by Crippen LogP contribution is 2.41. The van der Waals surface area contributed by atoms with Crippen molar-refractivity contribution in [1.82, 2.24) is 15.1 Å². The van der Waals surface area contributed by atoms with Gasteiger partial charge in [0.2, 0.25) is 11.7 Å². The van der Waals surface area contributed by atoms with Crippen LogP contribution in [0.3, 0.4) is 0 Å². The number of fused-ring (bicyclic) bond motifs is 3. The van der Waals surface area contributed by atoms with Gasteiger partial charge in [0.25, 0.3) is 5.91 Å². The number of hydrogen-bond acceptors (Lipinski definition) is 8. The van der Waals surface area contributed by atoms with Crippen molar-refractivity contribution >= 4 is 17.2 Å². The highest BCUT2D eigenvalue weighted by Gasteiger charge is 2.28. The molecule has 0 saturated heterocycles. The zero-order valence-electron chi connectivity index (χ0n) is 16.0. The van der Waals surface area contributed by atoms with Gasteiger partial charge in [-0.05, 0) is 25.1 Å². The molecule has 0 aliphatic carbocycles. The second-order valence-corrected chi connectivity index (χ2v) is 8.01. The first-order valence-corrected chi connectivity index (χ1v) is 9.70. The van der Waals surface area contributed by atoms with E-state index in [1.165, 1.54) is 18.3 Å². The fourth-order valence-electron chi connectivity index (χ4n) is 2.92. The lowest BCUT2D eigenvalue weighted by Gasteiger charge is -2.10. The average molecular weight is 410 g/mol. The molecule has 1 unspecified atom stereocenters. The number of nitrogens with two attached hydrogens (primary N) is 1. The van der Waals surface area contributed by atoms with Crippen molar-refractivity contribution in [2.24, 2.45) is 5.73 Å². The molecule has 4 rings (SSSR count). The van der Waals surface area contributed by atoms with E-state index in [0.29, 0.717) is 29.5 Å². The van der Waals surface area contributed by atoms with Crippen LogP contribution in [-0.2, 0) is 5.60 Å². The summed E-state index contributed by atoms with van der Waals surface area (Å²) in [6.45, 7) is 5.62. The minimum atomic E-state index is -1.57. The topological polar surface area (TPSA) is 124 Å². The van der Waals surface area contributed by atoms with Crippen LogP contribution in [0, 0.1) is 18.8 Å². The Morgan fingerprint density at radius 1 is 1.41 bits per heavy atom. The molecule has 0 bridgehead atoms. The summed E-state index contributed by atoms with van der Waals surface area (Å²) in [6.07, 6.45) is 0. The first kappa shape index (κ1) is 19.1. The Morgan fingerprint density at radius 3 is 2.90 bits per heavy atom. The zero-order valence-corrected chi connectivity index (χ0v) is 16.8. The molecule has 148 valence electrons. The summed E-state index contributed by atoms with van der Waals surface area (Å²) >= 11 is 1.28. The van der Waals surface area contributed by atoms with Gasteiger partial charge in [-0.1, -0.05) is 23.9 Å². The van der Waals surface area contributed by atoms with Crippen LogP contribution in [0.15, 0.2) is 22.7 Å². The van der Waals surface area contributed by atoms with E-state index in [9.17, 15) is 9.90 Å². The number of thiazole rings is 1. The molecule has 2 atom stereocenters. The minimum absolute atomic E-state index is 0.0692. The van der Waals surface area contributed by atoms with E-state index in [1.54, 1.807) is 19.1 Å². The van der Waals surface area contributed by atoms with Crippen LogP contribution >= 0.6 is 11.3 Å². The Bertz CT molecular complexity index is 1170. The fourth-order valence-corrected chi connectivity index (χ4v) is 3.89. The van der Waals surface area contributed by atoms with E-state index in [4.69, 9.17) is 15.0 Å². The summed E-state index contributed by atoms with van der Waals surface area (Å²) in [6, 6.07) is 5.42. The smallest absolute Gasteiger partial charge is 0.277 e. The van der Waals surface area contributed by atoms with Gasteiger partial charge < -0.3 is 20.1 Å².